The van der Waals surface area contributed by atoms with Gasteiger partial charge in [-0.2, -0.15) is 0 Å². The Labute approximate surface area is 234 Å². The van der Waals surface area contributed by atoms with Crippen molar-refractivity contribution in [2.75, 3.05) is 0 Å². The van der Waals surface area contributed by atoms with E-state index in [2.05, 4.69) is 145 Å². The summed E-state index contributed by atoms with van der Waals surface area (Å²) in [6.07, 6.45) is 12.3. The van der Waals surface area contributed by atoms with Gasteiger partial charge in [-0.15, -0.1) is 0 Å². The van der Waals surface area contributed by atoms with Crippen LogP contribution in [0.25, 0.3) is 24.3 Å². The number of hydrogen-bond acceptors (Lipinski definition) is 0. The van der Waals surface area contributed by atoms with Gasteiger partial charge in [-0.3, -0.25) is 0 Å². The van der Waals surface area contributed by atoms with E-state index in [0.717, 1.165) is 0 Å². The van der Waals surface area contributed by atoms with Gasteiger partial charge in [-0.25, -0.2) is 0 Å². The van der Waals surface area contributed by atoms with Crippen molar-refractivity contribution in [1.82, 2.24) is 0 Å². The molecule has 202 valence electrons. The molecule has 0 atom stereocenters. The molecular weight excluding hydrogens is 456 g/mol. The van der Waals surface area contributed by atoms with E-state index in [-0.39, 0.29) is 0 Å². The van der Waals surface area contributed by atoms with Gasteiger partial charge in [0.25, 0.3) is 0 Å². The Morgan fingerprint density at radius 2 is 0.895 bits per heavy atom. The summed E-state index contributed by atoms with van der Waals surface area (Å²) < 4.78 is 0. The first kappa shape index (κ1) is 32.6. The number of rotatable bonds is 4. The normalized spacial score (nSPS) is 10.6. The summed E-state index contributed by atoms with van der Waals surface area (Å²) >= 11 is 0. The van der Waals surface area contributed by atoms with Crippen LogP contribution in [-0.4, -0.2) is 0 Å². The van der Waals surface area contributed by atoms with E-state index in [0.29, 0.717) is 0 Å². The lowest BCUT2D eigenvalue weighted by molar-refractivity contribution is 1.21. The Balaban J connectivity index is 0.000000285. The topological polar surface area (TPSA) is 0 Å². The van der Waals surface area contributed by atoms with Gasteiger partial charge in [0.2, 0.25) is 0 Å². The minimum absolute atomic E-state index is 1.18. The van der Waals surface area contributed by atoms with Gasteiger partial charge in [0.05, 0.1) is 0 Å². The van der Waals surface area contributed by atoms with E-state index in [1.54, 1.807) is 0 Å². The number of allylic oxidation sites excluding steroid dienone is 2. The molecule has 0 heteroatoms. The van der Waals surface area contributed by atoms with Crippen LogP contribution in [0.1, 0.15) is 91.7 Å². The predicted octanol–water partition coefficient (Wildman–Crippen LogP) is 11.5. The zero-order chi connectivity index (χ0) is 29.2. The number of aryl methyl sites for hydroxylation is 3. The van der Waals surface area contributed by atoms with Crippen LogP contribution in [0.5, 0.6) is 0 Å². The molecular formula is C38H50. The Hall–Kier alpha value is -3.38. The first-order chi connectivity index (χ1) is 17.9. The molecule has 0 nitrogen and oxygen atoms in total. The van der Waals surface area contributed by atoms with Gasteiger partial charge in [-0.05, 0) is 161 Å². The summed E-state index contributed by atoms with van der Waals surface area (Å²) in [5.41, 5.74) is 18.9. The maximum Gasteiger partial charge on any atom is -0.0158 e. The van der Waals surface area contributed by atoms with Gasteiger partial charge >= 0.3 is 0 Å². The largest absolute Gasteiger partial charge is 0.0984 e. The second kappa shape index (κ2) is 15.1. The highest BCUT2D eigenvalue weighted by molar-refractivity contribution is 5.68. The zero-order valence-electron chi connectivity index (χ0n) is 26.2. The van der Waals surface area contributed by atoms with Crippen molar-refractivity contribution < 1.29 is 0 Å². The maximum atomic E-state index is 3.82. The summed E-state index contributed by atoms with van der Waals surface area (Å²) in [4.78, 5) is 0. The second-order valence-electron chi connectivity index (χ2n) is 10.2. The molecule has 0 unspecified atom stereocenters. The van der Waals surface area contributed by atoms with E-state index < -0.39 is 0 Å². The minimum Gasteiger partial charge on any atom is -0.0984 e. The molecule has 3 aromatic carbocycles. The van der Waals surface area contributed by atoms with Crippen molar-refractivity contribution in [3.63, 3.8) is 0 Å². The van der Waals surface area contributed by atoms with Crippen molar-refractivity contribution in [3.8, 4) is 0 Å². The molecule has 38 heavy (non-hydrogen) atoms. The van der Waals surface area contributed by atoms with Gasteiger partial charge in [-0.1, -0.05) is 73.9 Å². The molecule has 0 N–H and O–H groups in total. The highest BCUT2D eigenvalue weighted by Gasteiger charge is 2.06. The fourth-order valence-corrected chi connectivity index (χ4v) is 4.51. The minimum atomic E-state index is 1.18. The SMILES string of the molecule is C/C=C\c1cc(C)c(C)c(C)c1C.C/C=C\c1ccc(C)c(C)c1C.C=Cc1cc(C)c(C)c(C)c1C=C. The Bertz CT molecular complexity index is 1340. The standard InChI is InChI=1S/C13H18.C13H16.C12H16/c1-6-7-13-8-9(2)10(3)11(4)12(13)5;1-6-12-8-9(3)10(4)11(5)13(12)7-2;1-5-6-12-8-7-9(2)10(3)11(12)4/h6-8H,1-5H3;6-8H,1-2H2,3-5H3;5-8H,1-4H3/b7-6-;;6-5-. The number of benzene rings is 3. The summed E-state index contributed by atoms with van der Waals surface area (Å²) in [5.74, 6) is 0. The number of hydrogen-bond donors (Lipinski definition) is 0. The first-order valence-corrected chi connectivity index (χ1v) is 13.6. The first-order valence-electron chi connectivity index (χ1n) is 13.6. The fourth-order valence-electron chi connectivity index (χ4n) is 4.51. The lowest BCUT2D eigenvalue weighted by Gasteiger charge is -2.11. The van der Waals surface area contributed by atoms with Crippen LogP contribution >= 0.6 is 0 Å². The van der Waals surface area contributed by atoms with Crippen molar-refractivity contribution in [2.24, 2.45) is 0 Å². The molecule has 3 rings (SSSR count). The van der Waals surface area contributed by atoms with Crippen molar-refractivity contribution in [1.29, 1.82) is 0 Å². The fraction of sp³-hybridized carbons (Fsp3) is 0.316. The van der Waals surface area contributed by atoms with Crippen LogP contribution in [-0.2, 0) is 0 Å². The van der Waals surface area contributed by atoms with Crippen LogP contribution in [0.4, 0.5) is 0 Å². The highest BCUT2D eigenvalue weighted by atomic mass is 14.1. The van der Waals surface area contributed by atoms with Crippen LogP contribution in [0.2, 0.25) is 0 Å². The molecule has 0 saturated heterocycles. The maximum absolute atomic E-state index is 3.82. The monoisotopic (exact) mass is 506 g/mol. The molecule has 0 aliphatic carbocycles. The zero-order valence-corrected chi connectivity index (χ0v) is 26.2. The quantitative estimate of drug-likeness (QED) is 0.330. The van der Waals surface area contributed by atoms with Crippen molar-refractivity contribution in [2.45, 2.75) is 83.1 Å². The molecule has 0 radical (unpaired) electrons. The molecule has 0 fully saturated rings. The molecule has 0 amide bonds. The van der Waals surface area contributed by atoms with Crippen molar-refractivity contribution in [3.05, 3.63) is 127 Å². The van der Waals surface area contributed by atoms with Crippen LogP contribution < -0.4 is 0 Å². The Morgan fingerprint density at radius 3 is 1.39 bits per heavy atom. The van der Waals surface area contributed by atoms with Crippen molar-refractivity contribution >= 4 is 24.3 Å². The predicted molar refractivity (Wildman–Crippen MR) is 176 cm³/mol. The van der Waals surface area contributed by atoms with E-state index in [1.807, 2.05) is 12.2 Å². The van der Waals surface area contributed by atoms with Crippen LogP contribution in [0.3, 0.4) is 0 Å². The molecule has 0 saturated carbocycles. The molecule has 0 aliphatic heterocycles. The molecule has 0 bridgehead atoms. The highest BCUT2D eigenvalue weighted by Crippen LogP contribution is 2.24. The lowest BCUT2D eigenvalue weighted by atomic mass is 9.94. The molecule has 0 spiro atoms. The lowest BCUT2D eigenvalue weighted by Crippen LogP contribution is -1.93. The summed E-state index contributed by atoms with van der Waals surface area (Å²) in [6.45, 7) is 33.4. The second-order valence-corrected chi connectivity index (χ2v) is 10.2. The molecule has 3 aromatic rings. The van der Waals surface area contributed by atoms with E-state index >= 15 is 0 Å². The third-order valence-electron chi connectivity index (χ3n) is 7.98. The van der Waals surface area contributed by atoms with Gasteiger partial charge in [0, 0.05) is 0 Å². The Morgan fingerprint density at radius 1 is 0.447 bits per heavy atom. The smallest absolute Gasteiger partial charge is 0.0158 e. The third kappa shape index (κ3) is 8.06. The molecule has 0 aliphatic rings. The third-order valence-corrected chi connectivity index (χ3v) is 7.98. The molecule has 0 aromatic heterocycles. The van der Waals surface area contributed by atoms with E-state index in [4.69, 9.17) is 0 Å². The van der Waals surface area contributed by atoms with E-state index in [9.17, 15) is 0 Å². The summed E-state index contributed by atoms with van der Waals surface area (Å²) in [6, 6.07) is 8.78. The summed E-state index contributed by atoms with van der Waals surface area (Å²) in [7, 11) is 0. The van der Waals surface area contributed by atoms with Crippen LogP contribution in [0.15, 0.2) is 49.6 Å². The average molecular weight is 507 g/mol. The van der Waals surface area contributed by atoms with Crippen LogP contribution in [0, 0.1) is 69.2 Å². The Kier molecular flexibility index (Phi) is 13.0. The van der Waals surface area contributed by atoms with Gasteiger partial charge < -0.3 is 0 Å². The van der Waals surface area contributed by atoms with Gasteiger partial charge in [0.1, 0.15) is 0 Å². The molecule has 0 heterocycles. The van der Waals surface area contributed by atoms with E-state index in [1.165, 1.54) is 77.9 Å². The summed E-state index contributed by atoms with van der Waals surface area (Å²) in [5, 5.41) is 0. The average Bonchev–Trinajstić information content (AvgIpc) is 2.90. The van der Waals surface area contributed by atoms with Gasteiger partial charge in [0.15, 0.2) is 0 Å².